The summed E-state index contributed by atoms with van der Waals surface area (Å²) in [4.78, 5) is 0. The second kappa shape index (κ2) is 3.07. The van der Waals surface area contributed by atoms with Crippen molar-refractivity contribution < 1.29 is 10.2 Å². The molecule has 0 aliphatic rings. The zero-order valence-corrected chi connectivity index (χ0v) is 7.57. The molecule has 0 saturated carbocycles. The molecule has 0 heterocycles. The number of fused-ring (bicyclic) bond motifs is 1. The molecular formula is C12H10O2. The lowest BCUT2D eigenvalue weighted by Crippen LogP contribution is -1.79. The van der Waals surface area contributed by atoms with Crippen molar-refractivity contribution in [2.75, 3.05) is 0 Å². The van der Waals surface area contributed by atoms with Gasteiger partial charge in [0, 0.05) is 5.39 Å². The molecule has 2 rings (SSSR count). The minimum atomic E-state index is 0.186. The van der Waals surface area contributed by atoms with E-state index in [2.05, 4.69) is 6.58 Å². The molecule has 2 heteroatoms. The van der Waals surface area contributed by atoms with E-state index in [1.807, 2.05) is 0 Å². The molecule has 0 aliphatic carbocycles. The summed E-state index contributed by atoms with van der Waals surface area (Å²) in [7, 11) is 0. The van der Waals surface area contributed by atoms with Gasteiger partial charge in [-0.2, -0.15) is 0 Å². The molecule has 0 spiro atoms. The van der Waals surface area contributed by atoms with Crippen molar-refractivity contribution in [1.29, 1.82) is 0 Å². The highest BCUT2D eigenvalue weighted by Gasteiger charge is 2.03. The Bertz CT molecular complexity index is 501. The van der Waals surface area contributed by atoms with E-state index in [-0.39, 0.29) is 11.5 Å². The van der Waals surface area contributed by atoms with Gasteiger partial charge in [0.05, 0.1) is 0 Å². The SMILES string of the molecule is C=Cc1ccc(O)c2ccc(O)cc12. The third kappa shape index (κ3) is 1.21. The standard InChI is InChI=1S/C12H10O2/c1-2-8-3-6-12(14)10-5-4-9(13)7-11(8)10/h2-7,13-14H,1H2. The minimum absolute atomic E-state index is 0.186. The fraction of sp³-hybridized carbons (Fsp3) is 0. The summed E-state index contributed by atoms with van der Waals surface area (Å²) >= 11 is 0. The first-order chi connectivity index (χ1) is 6.72. The molecule has 2 aromatic rings. The lowest BCUT2D eigenvalue weighted by Gasteiger charge is -2.04. The molecule has 0 radical (unpaired) electrons. The van der Waals surface area contributed by atoms with Gasteiger partial charge in [0.25, 0.3) is 0 Å². The van der Waals surface area contributed by atoms with Crippen LogP contribution in [0, 0.1) is 0 Å². The van der Waals surface area contributed by atoms with Gasteiger partial charge in [-0.1, -0.05) is 18.7 Å². The largest absolute Gasteiger partial charge is 0.508 e. The second-order valence-corrected chi connectivity index (χ2v) is 3.11. The number of rotatable bonds is 1. The van der Waals surface area contributed by atoms with Crippen LogP contribution in [0.2, 0.25) is 0 Å². The Labute approximate surface area is 81.7 Å². The maximum atomic E-state index is 9.57. The number of phenolic OH excluding ortho intramolecular Hbond substituents is 2. The molecule has 0 bridgehead atoms. The van der Waals surface area contributed by atoms with E-state index in [0.29, 0.717) is 0 Å². The van der Waals surface area contributed by atoms with E-state index < -0.39 is 0 Å². The third-order valence-electron chi connectivity index (χ3n) is 2.23. The molecule has 0 aromatic heterocycles. The quantitative estimate of drug-likeness (QED) is 0.718. The normalized spacial score (nSPS) is 10.3. The topological polar surface area (TPSA) is 40.5 Å². The molecule has 2 nitrogen and oxygen atoms in total. The first kappa shape index (κ1) is 8.63. The van der Waals surface area contributed by atoms with E-state index >= 15 is 0 Å². The first-order valence-corrected chi connectivity index (χ1v) is 4.29. The van der Waals surface area contributed by atoms with Crippen molar-refractivity contribution >= 4 is 16.8 Å². The summed E-state index contributed by atoms with van der Waals surface area (Å²) in [6.07, 6.45) is 1.70. The molecule has 0 amide bonds. The van der Waals surface area contributed by atoms with Crippen LogP contribution in [0.3, 0.4) is 0 Å². The van der Waals surface area contributed by atoms with E-state index in [0.717, 1.165) is 16.3 Å². The smallest absolute Gasteiger partial charge is 0.123 e. The average molecular weight is 186 g/mol. The number of hydrogen-bond acceptors (Lipinski definition) is 2. The van der Waals surface area contributed by atoms with Gasteiger partial charge in [0.1, 0.15) is 11.5 Å². The lowest BCUT2D eigenvalue weighted by atomic mass is 10.0. The molecule has 0 atom stereocenters. The van der Waals surface area contributed by atoms with Crippen LogP contribution >= 0.6 is 0 Å². The van der Waals surface area contributed by atoms with Crippen molar-refractivity contribution in [1.82, 2.24) is 0 Å². The summed E-state index contributed by atoms with van der Waals surface area (Å²) in [6.45, 7) is 3.68. The van der Waals surface area contributed by atoms with Crippen LogP contribution in [0.25, 0.3) is 16.8 Å². The third-order valence-corrected chi connectivity index (χ3v) is 2.23. The molecule has 0 fully saturated rings. The van der Waals surface area contributed by atoms with Crippen LogP contribution < -0.4 is 0 Å². The Kier molecular flexibility index (Phi) is 1.89. The minimum Gasteiger partial charge on any atom is -0.508 e. The van der Waals surface area contributed by atoms with Gasteiger partial charge in [0.15, 0.2) is 0 Å². The number of hydrogen-bond donors (Lipinski definition) is 2. The predicted octanol–water partition coefficient (Wildman–Crippen LogP) is 2.89. The van der Waals surface area contributed by atoms with Crippen LogP contribution in [0.4, 0.5) is 0 Å². The summed E-state index contributed by atoms with van der Waals surface area (Å²) in [5, 5.41) is 20.4. The molecule has 70 valence electrons. The highest BCUT2D eigenvalue weighted by Crippen LogP contribution is 2.30. The number of phenols is 2. The monoisotopic (exact) mass is 186 g/mol. The molecule has 14 heavy (non-hydrogen) atoms. The van der Waals surface area contributed by atoms with Gasteiger partial charge in [-0.15, -0.1) is 0 Å². The van der Waals surface area contributed by atoms with Crippen molar-refractivity contribution in [3.05, 3.63) is 42.5 Å². The summed E-state index contributed by atoms with van der Waals surface area (Å²) in [5.41, 5.74) is 0.897. The van der Waals surface area contributed by atoms with Gasteiger partial charge in [-0.25, -0.2) is 0 Å². The van der Waals surface area contributed by atoms with Crippen molar-refractivity contribution in [2.45, 2.75) is 0 Å². The Morgan fingerprint density at radius 3 is 2.50 bits per heavy atom. The van der Waals surface area contributed by atoms with Gasteiger partial charge in [-0.05, 0) is 35.2 Å². The zero-order valence-electron chi connectivity index (χ0n) is 7.57. The Morgan fingerprint density at radius 2 is 1.79 bits per heavy atom. The first-order valence-electron chi connectivity index (χ1n) is 4.29. The average Bonchev–Trinajstić information content (AvgIpc) is 2.18. The van der Waals surface area contributed by atoms with E-state index in [4.69, 9.17) is 0 Å². The summed E-state index contributed by atoms with van der Waals surface area (Å²) < 4.78 is 0. The fourth-order valence-corrected chi connectivity index (χ4v) is 1.52. The molecule has 0 unspecified atom stereocenters. The van der Waals surface area contributed by atoms with Crippen LogP contribution in [0.5, 0.6) is 11.5 Å². The van der Waals surface area contributed by atoms with Crippen molar-refractivity contribution in [2.24, 2.45) is 0 Å². The molecular weight excluding hydrogens is 176 g/mol. The van der Waals surface area contributed by atoms with E-state index in [9.17, 15) is 10.2 Å². The van der Waals surface area contributed by atoms with E-state index in [1.165, 1.54) is 0 Å². The van der Waals surface area contributed by atoms with Gasteiger partial charge < -0.3 is 10.2 Å². The summed E-state index contributed by atoms with van der Waals surface area (Å²) in [5.74, 6) is 0.400. The predicted molar refractivity (Wildman–Crippen MR) is 57.4 cm³/mol. The van der Waals surface area contributed by atoms with E-state index in [1.54, 1.807) is 36.4 Å². The molecule has 2 N–H and O–H groups in total. The van der Waals surface area contributed by atoms with Crippen LogP contribution in [0.1, 0.15) is 5.56 Å². The lowest BCUT2D eigenvalue weighted by molar-refractivity contribution is 0.475. The zero-order chi connectivity index (χ0) is 10.1. The van der Waals surface area contributed by atoms with Crippen LogP contribution in [0.15, 0.2) is 36.9 Å². The van der Waals surface area contributed by atoms with Crippen molar-refractivity contribution in [3.8, 4) is 11.5 Å². The second-order valence-electron chi connectivity index (χ2n) is 3.11. The Morgan fingerprint density at radius 1 is 1.00 bits per heavy atom. The number of benzene rings is 2. The maximum Gasteiger partial charge on any atom is 0.123 e. The molecule has 0 saturated heterocycles. The highest BCUT2D eigenvalue weighted by molar-refractivity contribution is 5.95. The van der Waals surface area contributed by atoms with Crippen LogP contribution in [-0.2, 0) is 0 Å². The molecule has 0 aliphatic heterocycles. The summed E-state index contributed by atoms with van der Waals surface area (Å²) in [6, 6.07) is 8.24. The number of aromatic hydroxyl groups is 2. The van der Waals surface area contributed by atoms with Crippen LogP contribution in [-0.4, -0.2) is 10.2 Å². The highest BCUT2D eigenvalue weighted by atomic mass is 16.3. The Hall–Kier alpha value is -1.96. The Balaban J connectivity index is 2.92. The van der Waals surface area contributed by atoms with Gasteiger partial charge in [0.2, 0.25) is 0 Å². The van der Waals surface area contributed by atoms with Crippen molar-refractivity contribution in [3.63, 3.8) is 0 Å². The maximum absolute atomic E-state index is 9.57. The van der Waals surface area contributed by atoms with Gasteiger partial charge in [-0.3, -0.25) is 0 Å². The van der Waals surface area contributed by atoms with Gasteiger partial charge >= 0.3 is 0 Å². The fourth-order valence-electron chi connectivity index (χ4n) is 1.52. The molecule has 2 aromatic carbocycles.